The first-order chi connectivity index (χ1) is 13.0. The first-order valence-electron chi connectivity index (χ1n) is 8.00. The van der Waals surface area contributed by atoms with Crippen LogP contribution in [0.15, 0.2) is 36.4 Å². The molecule has 0 spiro atoms. The molecule has 9 heteroatoms. The van der Waals surface area contributed by atoms with E-state index in [9.17, 15) is 9.59 Å². The van der Waals surface area contributed by atoms with Gasteiger partial charge in [0.25, 0.3) is 5.91 Å². The summed E-state index contributed by atoms with van der Waals surface area (Å²) in [6.45, 7) is -0.280. The van der Waals surface area contributed by atoms with Crippen molar-refractivity contribution in [3.8, 4) is 11.5 Å². The Labute approximate surface area is 163 Å². The van der Waals surface area contributed by atoms with Crippen LogP contribution in [0.5, 0.6) is 11.5 Å². The van der Waals surface area contributed by atoms with Crippen molar-refractivity contribution in [2.24, 2.45) is 0 Å². The van der Waals surface area contributed by atoms with Crippen LogP contribution < -0.4 is 19.7 Å². The zero-order valence-corrected chi connectivity index (χ0v) is 15.8. The molecule has 0 atom stereocenters. The fourth-order valence-electron chi connectivity index (χ4n) is 2.74. The highest BCUT2D eigenvalue weighted by Gasteiger charge is 2.27. The van der Waals surface area contributed by atoms with E-state index in [1.54, 1.807) is 31.4 Å². The van der Waals surface area contributed by atoms with Gasteiger partial charge in [-0.2, -0.15) is 0 Å². The van der Waals surface area contributed by atoms with Gasteiger partial charge in [0, 0.05) is 5.02 Å². The van der Waals surface area contributed by atoms with E-state index in [0.29, 0.717) is 21.6 Å². The molecule has 1 N–H and O–H groups in total. The number of carbonyl (C=O) groups excluding carboxylic acids is 2. The quantitative estimate of drug-likeness (QED) is 0.722. The normalized spacial score (nSPS) is 13.3. The third kappa shape index (κ3) is 3.54. The number of rotatable bonds is 4. The number of anilines is 2. The molecule has 27 heavy (non-hydrogen) atoms. The predicted molar refractivity (Wildman–Crippen MR) is 104 cm³/mol. The van der Waals surface area contributed by atoms with Crippen molar-refractivity contribution in [3.63, 3.8) is 0 Å². The lowest BCUT2D eigenvalue weighted by atomic mass is 10.2. The van der Waals surface area contributed by atoms with E-state index in [1.807, 2.05) is 12.1 Å². The van der Waals surface area contributed by atoms with E-state index in [4.69, 9.17) is 21.1 Å². The summed E-state index contributed by atoms with van der Waals surface area (Å²) in [5.74, 6) is 0.562. The molecule has 1 aromatic heterocycles. The van der Waals surface area contributed by atoms with Gasteiger partial charge in [0.2, 0.25) is 5.91 Å². The van der Waals surface area contributed by atoms with Crippen LogP contribution in [0.3, 0.4) is 0 Å². The molecule has 0 saturated heterocycles. The predicted octanol–water partition coefficient (Wildman–Crippen LogP) is 3.32. The number of nitrogens with one attached hydrogen (secondary N) is 1. The number of fused-ring (bicyclic) bond motifs is 2. The lowest BCUT2D eigenvalue weighted by Gasteiger charge is -2.28. The molecule has 1 aliphatic rings. The van der Waals surface area contributed by atoms with Gasteiger partial charge in [-0.3, -0.25) is 14.5 Å². The van der Waals surface area contributed by atoms with Crippen LogP contribution in [0.4, 0.5) is 10.8 Å². The van der Waals surface area contributed by atoms with E-state index >= 15 is 0 Å². The number of nitrogens with zero attached hydrogens (tertiary/aromatic N) is 2. The Hall–Kier alpha value is -2.84. The van der Waals surface area contributed by atoms with E-state index in [2.05, 4.69) is 10.3 Å². The molecule has 0 bridgehead atoms. The SMILES string of the molecule is COc1ccc2nc(NC(=O)CN3C(=O)COc4ccc(Cl)cc43)sc2c1. The first-order valence-corrected chi connectivity index (χ1v) is 9.20. The van der Waals surface area contributed by atoms with E-state index < -0.39 is 0 Å². The summed E-state index contributed by atoms with van der Waals surface area (Å²) >= 11 is 7.35. The van der Waals surface area contributed by atoms with Gasteiger partial charge >= 0.3 is 0 Å². The Morgan fingerprint density at radius 1 is 1.37 bits per heavy atom. The highest BCUT2D eigenvalue weighted by atomic mass is 35.5. The van der Waals surface area contributed by atoms with Crippen LogP contribution in [0.2, 0.25) is 5.02 Å². The number of thiazole rings is 1. The Morgan fingerprint density at radius 2 is 2.22 bits per heavy atom. The van der Waals surface area contributed by atoms with Crippen LogP contribution in [0.1, 0.15) is 0 Å². The minimum atomic E-state index is -0.359. The summed E-state index contributed by atoms with van der Waals surface area (Å²) in [5, 5.41) is 3.65. The van der Waals surface area contributed by atoms with Crippen molar-refractivity contribution in [2.75, 3.05) is 30.5 Å². The monoisotopic (exact) mass is 403 g/mol. The van der Waals surface area contributed by atoms with Gasteiger partial charge < -0.3 is 14.8 Å². The van der Waals surface area contributed by atoms with Crippen LogP contribution in [-0.4, -0.2) is 37.1 Å². The molecule has 0 radical (unpaired) electrons. The number of hydrogen-bond donors (Lipinski definition) is 1. The van der Waals surface area contributed by atoms with Crippen molar-refractivity contribution < 1.29 is 19.1 Å². The van der Waals surface area contributed by atoms with Gasteiger partial charge in [0.15, 0.2) is 11.7 Å². The second-order valence-electron chi connectivity index (χ2n) is 5.78. The molecule has 3 aromatic rings. The minimum absolute atomic E-state index is 0.122. The van der Waals surface area contributed by atoms with E-state index in [-0.39, 0.29) is 25.0 Å². The third-order valence-electron chi connectivity index (χ3n) is 4.01. The van der Waals surface area contributed by atoms with Crippen LogP contribution in [-0.2, 0) is 9.59 Å². The Bertz CT molecular complexity index is 1050. The molecular formula is C18H14ClN3O4S. The summed E-state index contributed by atoms with van der Waals surface area (Å²) in [5.41, 5.74) is 1.23. The lowest BCUT2D eigenvalue weighted by Crippen LogP contribution is -2.43. The molecule has 138 valence electrons. The maximum Gasteiger partial charge on any atom is 0.265 e. The second kappa shape index (κ2) is 7.05. The van der Waals surface area contributed by atoms with Crippen LogP contribution in [0.25, 0.3) is 10.2 Å². The number of halogens is 1. The average Bonchev–Trinajstić information content (AvgIpc) is 3.05. The van der Waals surface area contributed by atoms with Gasteiger partial charge in [-0.15, -0.1) is 0 Å². The number of benzene rings is 2. The highest BCUT2D eigenvalue weighted by Crippen LogP contribution is 2.34. The third-order valence-corrected chi connectivity index (χ3v) is 5.18. The van der Waals surface area contributed by atoms with Crippen molar-refractivity contribution in [2.45, 2.75) is 0 Å². The Kier molecular flexibility index (Phi) is 4.59. The number of ether oxygens (including phenoxy) is 2. The number of carbonyl (C=O) groups is 2. The number of aromatic nitrogens is 1. The van der Waals surface area contributed by atoms with Crippen molar-refractivity contribution in [3.05, 3.63) is 41.4 Å². The largest absolute Gasteiger partial charge is 0.497 e. The fraction of sp³-hybridized carbons (Fsp3) is 0.167. The molecule has 0 saturated carbocycles. The molecular weight excluding hydrogens is 390 g/mol. The molecule has 0 aliphatic carbocycles. The van der Waals surface area contributed by atoms with Crippen LogP contribution >= 0.6 is 22.9 Å². The maximum atomic E-state index is 12.5. The van der Waals surface area contributed by atoms with Gasteiger partial charge in [-0.05, 0) is 36.4 Å². The van der Waals surface area contributed by atoms with Gasteiger partial charge in [0.1, 0.15) is 18.0 Å². The number of methoxy groups -OCH3 is 1. The summed E-state index contributed by atoms with van der Waals surface area (Å²) in [7, 11) is 1.59. The van der Waals surface area contributed by atoms with Gasteiger partial charge in [-0.1, -0.05) is 22.9 Å². The molecule has 1 aliphatic heterocycles. The highest BCUT2D eigenvalue weighted by molar-refractivity contribution is 7.22. The van der Waals surface area contributed by atoms with E-state index in [0.717, 1.165) is 16.0 Å². The summed E-state index contributed by atoms with van der Waals surface area (Å²) in [6, 6.07) is 10.4. The number of hydrogen-bond acceptors (Lipinski definition) is 6. The minimum Gasteiger partial charge on any atom is -0.497 e. The molecule has 0 fully saturated rings. The average molecular weight is 404 g/mol. The molecule has 0 unspecified atom stereocenters. The van der Waals surface area contributed by atoms with Gasteiger partial charge in [0.05, 0.1) is 23.0 Å². The zero-order chi connectivity index (χ0) is 19.0. The van der Waals surface area contributed by atoms with Crippen LogP contribution in [0, 0.1) is 0 Å². The van der Waals surface area contributed by atoms with Crippen molar-refractivity contribution in [1.82, 2.24) is 4.98 Å². The molecule has 7 nitrogen and oxygen atoms in total. The smallest absolute Gasteiger partial charge is 0.265 e. The zero-order valence-electron chi connectivity index (χ0n) is 14.2. The van der Waals surface area contributed by atoms with E-state index in [1.165, 1.54) is 16.2 Å². The Morgan fingerprint density at radius 3 is 3.04 bits per heavy atom. The standard InChI is InChI=1S/C18H14ClN3O4S/c1-25-11-3-4-12-15(7-11)27-18(20-12)21-16(23)8-22-13-6-10(19)2-5-14(13)26-9-17(22)24/h2-7H,8-9H2,1H3,(H,20,21,23). The fourth-order valence-corrected chi connectivity index (χ4v) is 3.81. The molecule has 4 rings (SSSR count). The summed E-state index contributed by atoms with van der Waals surface area (Å²) in [6.07, 6.45) is 0. The topological polar surface area (TPSA) is 80.8 Å². The number of amides is 2. The van der Waals surface area contributed by atoms with Crippen molar-refractivity contribution in [1.29, 1.82) is 0 Å². The second-order valence-corrected chi connectivity index (χ2v) is 7.25. The first kappa shape index (κ1) is 17.6. The summed E-state index contributed by atoms with van der Waals surface area (Å²) in [4.78, 5) is 30.4. The summed E-state index contributed by atoms with van der Waals surface area (Å²) < 4.78 is 11.5. The van der Waals surface area contributed by atoms with Crippen molar-refractivity contribution >= 4 is 55.8 Å². The van der Waals surface area contributed by atoms with Gasteiger partial charge in [-0.25, -0.2) is 4.98 Å². The maximum absolute atomic E-state index is 12.5. The molecule has 2 heterocycles. The Balaban J connectivity index is 1.53. The molecule has 2 aromatic carbocycles. The molecule has 2 amide bonds. The lowest BCUT2D eigenvalue weighted by molar-refractivity contribution is -0.123.